The number of nitrogens with zero attached hydrogens (tertiary/aromatic N) is 1. The Morgan fingerprint density at radius 2 is 1.64 bits per heavy atom. The van der Waals surface area contributed by atoms with Crippen LogP contribution in [-0.2, 0) is 33.8 Å². The number of fused-ring (bicyclic) bond motifs is 1. The number of hydrogen-bond acceptors (Lipinski definition) is 8. The number of thiophene rings is 1. The number of rotatable bonds is 12. The number of halogens is 1. The lowest BCUT2D eigenvalue weighted by atomic mass is 10.0. The maximum Gasteiger partial charge on any atom is 0.341 e. The molecule has 270 valence electrons. The van der Waals surface area contributed by atoms with Gasteiger partial charge in [-0.25, -0.2) is 4.79 Å². The van der Waals surface area contributed by atoms with E-state index in [0.717, 1.165) is 28.4 Å². The van der Waals surface area contributed by atoms with Crippen molar-refractivity contribution >= 4 is 75.2 Å². The first-order valence-electron chi connectivity index (χ1n) is 16.9. The normalized spacial score (nSPS) is 13.4. The molecule has 3 N–H and O–H groups in total. The number of nitrogens with one attached hydrogen (secondary N) is 3. The molecule has 0 aliphatic carbocycles. The maximum atomic E-state index is 13.6. The maximum absolute atomic E-state index is 13.6. The summed E-state index contributed by atoms with van der Waals surface area (Å²) in [5.74, 6) is -1.75. The molecule has 0 saturated carbocycles. The molecule has 0 radical (unpaired) electrons. The average molecular weight is 765 g/mol. The van der Waals surface area contributed by atoms with Crippen LogP contribution in [-0.4, -0.2) is 47.5 Å². The van der Waals surface area contributed by atoms with Crippen LogP contribution in [0.1, 0.15) is 49.2 Å². The van der Waals surface area contributed by atoms with Gasteiger partial charge in [0, 0.05) is 45.7 Å². The zero-order valence-corrected chi connectivity index (χ0v) is 31.4. The molecule has 3 amide bonds. The van der Waals surface area contributed by atoms with Crippen molar-refractivity contribution < 1.29 is 23.9 Å². The van der Waals surface area contributed by atoms with E-state index >= 15 is 0 Å². The summed E-state index contributed by atoms with van der Waals surface area (Å²) in [6, 6.07) is 32.9. The Balaban J connectivity index is 1.14. The third kappa shape index (κ3) is 9.62. The fourth-order valence-electron chi connectivity index (χ4n) is 5.85. The summed E-state index contributed by atoms with van der Waals surface area (Å²) in [5, 5.41) is 8.93. The van der Waals surface area contributed by atoms with Gasteiger partial charge in [0.15, 0.2) is 0 Å². The van der Waals surface area contributed by atoms with Crippen molar-refractivity contribution in [3.8, 4) is 0 Å². The molecule has 5 aromatic rings. The summed E-state index contributed by atoms with van der Waals surface area (Å²) in [6.45, 7) is 4.03. The molecule has 53 heavy (non-hydrogen) atoms. The molecular formula is C41H37ClN4O5S2. The second kappa shape index (κ2) is 17.5. The Morgan fingerprint density at radius 1 is 0.925 bits per heavy atom. The first-order valence-corrected chi connectivity index (χ1v) is 19.0. The number of esters is 1. The van der Waals surface area contributed by atoms with E-state index in [1.54, 1.807) is 79.7 Å². The Morgan fingerprint density at radius 3 is 2.38 bits per heavy atom. The van der Waals surface area contributed by atoms with Crippen LogP contribution >= 0.6 is 34.7 Å². The number of thioether (sulfide) groups is 1. The van der Waals surface area contributed by atoms with E-state index in [2.05, 4.69) is 33.0 Å². The third-order valence-corrected chi connectivity index (χ3v) is 11.1. The lowest BCUT2D eigenvalue weighted by Gasteiger charge is -2.27. The molecule has 1 aromatic heterocycles. The molecule has 0 spiro atoms. The van der Waals surface area contributed by atoms with Crippen molar-refractivity contribution in [1.29, 1.82) is 0 Å². The zero-order valence-electron chi connectivity index (χ0n) is 29.1. The molecule has 12 heteroatoms. The highest BCUT2D eigenvalue weighted by Crippen LogP contribution is 2.38. The van der Waals surface area contributed by atoms with Gasteiger partial charge in [-0.15, -0.1) is 23.1 Å². The molecule has 9 nitrogen and oxygen atoms in total. The largest absolute Gasteiger partial charge is 0.465 e. The number of amides is 3. The number of anilines is 2. The van der Waals surface area contributed by atoms with Gasteiger partial charge in [0.2, 0.25) is 5.91 Å². The highest BCUT2D eigenvalue weighted by molar-refractivity contribution is 8.00. The minimum Gasteiger partial charge on any atom is -0.465 e. The van der Waals surface area contributed by atoms with Crippen molar-refractivity contribution in [3.63, 3.8) is 0 Å². The zero-order chi connectivity index (χ0) is 37.3. The van der Waals surface area contributed by atoms with E-state index in [-0.39, 0.29) is 11.6 Å². The van der Waals surface area contributed by atoms with E-state index in [9.17, 15) is 19.2 Å². The van der Waals surface area contributed by atoms with Crippen LogP contribution in [0.2, 0.25) is 5.02 Å². The number of ether oxygens (including phenoxy) is 1. The van der Waals surface area contributed by atoms with Crippen LogP contribution in [0, 0.1) is 0 Å². The van der Waals surface area contributed by atoms with E-state index in [1.165, 1.54) is 41.8 Å². The summed E-state index contributed by atoms with van der Waals surface area (Å²) in [6.07, 6.45) is 2.20. The van der Waals surface area contributed by atoms with Gasteiger partial charge in [-0.1, -0.05) is 84.4 Å². The SMILES string of the molecule is COC(=O)c1c(NC(=O)C(C)Sc2cccc(NC(=O)/C(=C\c3ccccc3Cl)NC(=O)c3ccccc3)c2)sc2c1CCN(Cc1ccccc1)C2. The van der Waals surface area contributed by atoms with Gasteiger partial charge in [-0.2, -0.15) is 0 Å². The van der Waals surface area contributed by atoms with Crippen molar-refractivity contribution in [2.75, 3.05) is 24.3 Å². The highest BCUT2D eigenvalue weighted by atomic mass is 35.5. The lowest BCUT2D eigenvalue weighted by Crippen LogP contribution is -2.30. The second-order valence-electron chi connectivity index (χ2n) is 12.3. The monoisotopic (exact) mass is 764 g/mol. The Labute approximate surface area is 321 Å². The summed E-state index contributed by atoms with van der Waals surface area (Å²) in [5.41, 5.74) is 3.97. The highest BCUT2D eigenvalue weighted by Gasteiger charge is 2.30. The standard InChI is InChI=1S/C41H37ClN4O5S2/c1-26(37(47)45-40-36(41(50)51-2)32-20-21-46(25-35(32)53-40)24-27-12-5-3-6-13-27)52-31-18-11-17-30(23-31)43-39(49)34(22-29-16-9-10-19-33(29)42)44-38(48)28-14-7-4-8-15-28/h3-19,22-23,26H,20-21,24-25H2,1-2H3,(H,43,49)(H,44,48)(H,45,47)/b34-22+. The van der Waals surface area contributed by atoms with E-state index in [1.807, 2.05) is 24.3 Å². The minimum atomic E-state index is -0.555. The predicted molar refractivity (Wildman–Crippen MR) is 212 cm³/mol. The number of methoxy groups -OCH3 is 1. The van der Waals surface area contributed by atoms with E-state index in [4.69, 9.17) is 16.3 Å². The van der Waals surface area contributed by atoms with Crippen LogP contribution in [0.15, 0.2) is 120 Å². The molecule has 0 fully saturated rings. The van der Waals surface area contributed by atoms with Crippen LogP contribution in [0.5, 0.6) is 0 Å². The van der Waals surface area contributed by atoms with Crippen molar-refractivity contribution in [3.05, 3.63) is 153 Å². The molecule has 0 bridgehead atoms. The minimum absolute atomic E-state index is 0.000923. The summed E-state index contributed by atoms with van der Waals surface area (Å²) >= 11 is 9.09. The van der Waals surface area contributed by atoms with Crippen LogP contribution in [0.25, 0.3) is 6.08 Å². The summed E-state index contributed by atoms with van der Waals surface area (Å²) < 4.78 is 5.14. The first-order chi connectivity index (χ1) is 25.7. The van der Waals surface area contributed by atoms with Gasteiger partial charge in [-0.3, -0.25) is 19.3 Å². The Kier molecular flexibility index (Phi) is 12.4. The molecule has 6 rings (SSSR count). The summed E-state index contributed by atoms with van der Waals surface area (Å²) in [4.78, 5) is 57.2. The van der Waals surface area contributed by atoms with Crippen LogP contribution < -0.4 is 16.0 Å². The second-order valence-corrected chi connectivity index (χ2v) is 15.2. The molecule has 1 aliphatic heterocycles. The van der Waals surface area contributed by atoms with Gasteiger partial charge in [-0.05, 0) is 72.5 Å². The number of hydrogen-bond donors (Lipinski definition) is 3. The van der Waals surface area contributed by atoms with Crippen molar-refractivity contribution in [2.45, 2.75) is 36.6 Å². The van der Waals surface area contributed by atoms with E-state index in [0.29, 0.717) is 45.4 Å². The van der Waals surface area contributed by atoms with Gasteiger partial charge in [0.05, 0.1) is 17.9 Å². The van der Waals surface area contributed by atoms with Gasteiger partial charge < -0.3 is 20.7 Å². The van der Waals surface area contributed by atoms with Gasteiger partial charge in [0.1, 0.15) is 10.7 Å². The van der Waals surface area contributed by atoms with Crippen LogP contribution in [0.3, 0.4) is 0 Å². The Hall–Kier alpha value is -5.20. The third-order valence-electron chi connectivity index (χ3n) is 8.52. The molecule has 1 atom stereocenters. The fraction of sp³-hybridized carbons (Fsp3) is 0.171. The van der Waals surface area contributed by atoms with Gasteiger partial charge >= 0.3 is 5.97 Å². The molecular weight excluding hydrogens is 728 g/mol. The number of benzene rings is 4. The van der Waals surface area contributed by atoms with Crippen LogP contribution in [0.4, 0.5) is 10.7 Å². The molecule has 4 aromatic carbocycles. The lowest BCUT2D eigenvalue weighted by molar-refractivity contribution is -0.115. The molecule has 0 saturated heterocycles. The molecule has 1 unspecified atom stereocenters. The number of carbonyl (C=O) groups is 4. The predicted octanol–water partition coefficient (Wildman–Crippen LogP) is 8.28. The van der Waals surface area contributed by atoms with Gasteiger partial charge in [0.25, 0.3) is 11.8 Å². The van der Waals surface area contributed by atoms with Crippen molar-refractivity contribution in [2.24, 2.45) is 0 Å². The smallest absolute Gasteiger partial charge is 0.341 e. The van der Waals surface area contributed by atoms with Crippen molar-refractivity contribution in [1.82, 2.24) is 10.2 Å². The quantitative estimate of drug-likeness (QED) is 0.0666. The molecule has 1 aliphatic rings. The topological polar surface area (TPSA) is 117 Å². The van der Waals surface area contributed by atoms with E-state index < -0.39 is 23.0 Å². The average Bonchev–Trinajstić information content (AvgIpc) is 3.52. The first kappa shape index (κ1) is 37.6. The fourth-order valence-corrected chi connectivity index (χ4v) is 8.24. The number of carbonyl (C=O) groups excluding carboxylic acids is 4. The molecule has 2 heterocycles. The Bertz CT molecular complexity index is 2160. The summed E-state index contributed by atoms with van der Waals surface area (Å²) in [7, 11) is 1.35.